The smallest absolute Gasteiger partial charge is 0.227 e. The highest BCUT2D eigenvalue weighted by atomic mass is 16.2. The summed E-state index contributed by atoms with van der Waals surface area (Å²) in [6.07, 6.45) is 2.56. The topological polar surface area (TPSA) is 44.1 Å². The van der Waals surface area contributed by atoms with Gasteiger partial charge in [-0.3, -0.25) is 4.79 Å². The van der Waals surface area contributed by atoms with Crippen LogP contribution in [0.5, 0.6) is 0 Å². The fraction of sp³-hybridized carbons (Fsp3) is 0.385. The van der Waals surface area contributed by atoms with Gasteiger partial charge >= 0.3 is 0 Å². The summed E-state index contributed by atoms with van der Waals surface area (Å²) >= 11 is 0. The first-order chi connectivity index (χ1) is 7.76. The number of carbonyl (C=O) groups is 1. The van der Waals surface area contributed by atoms with Gasteiger partial charge < -0.3 is 4.90 Å². The number of nitrogens with zero attached hydrogens (tertiary/aromatic N) is 2. The third kappa shape index (κ3) is 1.79. The highest BCUT2D eigenvalue weighted by Crippen LogP contribution is 2.28. The van der Waals surface area contributed by atoms with Crippen LogP contribution in [0.25, 0.3) is 0 Å². The van der Waals surface area contributed by atoms with Crippen LogP contribution < -0.4 is 4.90 Å². The molecule has 3 nitrogen and oxygen atoms in total. The summed E-state index contributed by atoms with van der Waals surface area (Å²) in [5.74, 6) is 0.191. The van der Waals surface area contributed by atoms with Crippen molar-refractivity contribution in [1.82, 2.24) is 0 Å². The van der Waals surface area contributed by atoms with Gasteiger partial charge in [-0.1, -0.05) is 6.92 Å². The number of hydrogen-bond acceptors (Lipinski definition) is 2. The standard InChI is InChI=1S/C13H14N2O/c1-2-11-7-8-13(16)15(11)12-5-3-10(9-14)4-6-12/h3-6,11H,2,7-8H2,1H3. The van der Waals surface area contributed by atoms with Crippen molar-refractivity contribution < 1.29 is 4.79 Å². The molecule has 1 aliphatic rings. The average molecular weight is 214 g/mol. The first kappa shape index (κ1) is 10.7. The van der Waals surface area contributed by atoms with Crippen LogP contribution >= 0.6 is 0 Å². The Morgan fingerprint density at radius 2 is 2.12 bits per heavy atom. The molecule has 82 valence electrons. The lowest BCUT2D eigenvalue weighted by atomic mass is 10.1. The number of hydrogen-bond donors (Lipinski definition) is 0. The summed E-state index contributed by atoms with van der Waals surface area (Å²) < 4.78 is 0. The third-order valence-electron chi connectivity index (χ3n) is 3.07. The first-order valence-electron chi connectivity index (χ1n) is 5.58. The Bertz CT molecular complexity index is 430. The molecule has 0 saturated carbocycles. The van der Waals surface area contributed by atoms with Crippen molar-refractivity contribution in [2.45, 2.75) is 32.2 Å². The highest BCUT2D eigenvalue weighted by Gasteiger charge is 2.30. The molecule has 1 unspecified atom stereocenters. The van der Waals surface area contributed by atoms with E-state index >= 15 is 0 Å². The lowest BCUT2D eigenvalue weighted by Gasteiger charge is -2.23. The van der Waals surface area contributed by atoms with Gasteiger partial charge in [0.1, 0.15) is 0 Å². The molecule has 0 bridgehead atoms. The van der Waals surface area contributed by atoms with Crippen LogP contribution in [0.4, 0.5) is 5.69 Å². The summed E-state index contributed by atoms with van der Waals surface area (Å²) in [6.45, 7) is 2.10. The van der Waals surface area contributed by atoms with Crippen molar-refractivity contribution in [2.24, 2.45) is 0 Å². The molecule has 0 radical (unpaired) electrons. The fourth-order valence-electron chi connectivity index (χ4n) is 2.18. The van der Waals surface area contributed by atoms with E-state index in [4.69, 9.17) is 5.26 Å². The Morgan fingerprint density at radius 1 is 1.44 bits per heavy atom. The van der Waals surface area contributed by atoms with Crippen molar-refractivity contribution in [1.29, 1.82) is 5.26 Å². The molecular formula is C13H14N2O. The summed E-state index contributed by atoms with van der Waals surface area (Å²) in [5, 5.41) is 8.71. The monoisotopic (exact) mass is 214 g/mol. The van der Waals surface area contributed by atoms with Crippen molar-refractivity contribution in [3.8, 4) is 6.07 Å². The van der Waals surface area contributed by atoms with Gasteiger partial charge in [0.05, 0.1) is 11.6 Å². The van der Waals surface area contributed by atoms with Gasteiger partial charge in [0.2, 0.25) is 5.91 Å². The van der Waals surface area contributed by atoms with E-state index in [9.17, 15) is 4.79 Å². The van der Waals surface area contributed by atoms with E-state index in [1.54, 1.807) is 12.1 Å². The maximum Gasteiger partial charge on any atom is 0.227 e. The van der Waals surface area contributed by atoms with Crippen molar-refractivity contribution >= 4 is 11.6 Å². The Balaban J connectivity index is 2.28. The summed E-state index contributed by atoms with van der Waals surface area (Å²) in [6, 6.07) is 9.62. The van der Waals surface area contributed by atoms with Crippen LogP contribution in [0.2, 0.25) is 0 Å². The van der Waals surface area contributed by atoms with Crippen molar-refractivity contribution in [3.05, 3.63) is 29.8 Å². The number of benzene rings is 1. The highest BCUT2D eigenvalue weighted by molar-refractivity contribution is 5.96. The lowest BCUT2D eigenvalue weighted by Crippen LogP contribution is -2.32. The van der Waals surface area contributed by atoms with Crippen LogP contribution in [0.1, 0.15) is 31.7 Å². The number of amides is 1. The predicted molar refractivity (Wildman–Crippen MR) is 62.0 cm³/mol. The molecule has 1 heterocycles. The molecule has 1 fully saturated rings. The second kappa shape index (κ2) is 4.36. The second-order valence-electron chi connectivity index (χ2n) is 4.02. The molecule has 1 saturated heterocycles. The lowest BCUT2D eigenvalue weighted by molar-refractivity contribution is -0.117. The van der Waals surface area contributed by atoms with Gasteiger partial charge in [-0.25, -0.2) is 0 Å². The normalized spacial score (nSPS) is 19.9. The zero-order valence-corrected chi connectivity index (χ0v) is 9.31. The third-order valence-corrected chi connectivity index (χ3v) is 3.07. The molecule has 16 heavy (non-hydrogen) atoms. The van der Waals surface area contributed by atoms with Crippen LogP contribution in [0.3, 0.4) is 0 Å². The number of rotatable bonds is 2. The van der Waals surface area contributed by atoms with E-state index in [0.717, 1.165) is 18.5 Å². The van der Waals surface area contributed by atoms with Crippen molar-refractivity contribution in [2.75, 3.05) is 4.90 Å². The average Bonchev–Trinajstić information content (AvgIpc) is 2.70. The first-order valence-corrected chi connectivity index (χ1v) is 5.58. The SMILES string of the molecule is CCC1CCC(=O)N1c1ccc(C#N)cc1. The van der Waals surface area contributed by atoms with Crippen LogP contribution in [0.15, 0.2) is 24.3 Å². The van der Waals surface area contributed by atoms with Gasteiger partial charge in [-0.05, 0) is 37.1 Å². The van der Waals surface area contributed by atoms with Gasteiger partial charge in [0.25, 0.3) is 0 Å². The zero-order chi connectivity index (χ0) is 11.5. The Kier molecular flexibility index (Phi) is 2.91. The number of carbonyl (C=O) groups excluding carboxylic acids is 1. The maximum absolute atomic E-state index is 11.8. The zero-order valence-electron chi connectivity index (χ0n) is 9.31. The molecule has 1 amide bonds. The maximum atomic E-state index is 11.8. The quantitative estimate of drug-likeness (QED) is 0.759. The second-order valence-corrected chi connectivity index (χ2v) is 4.02. The molecule has 2 rings (SSSR count). The van der Waals surface area contributed by atoms with Gasteiger partial charge in [-0.2, -0.15) is 5.26 Å². The minimum Gasteiger partial charge on any atom is -0.309 e. The molecule has 0 N–H and O–H groups in total. The van der Waals surface area contributed by atoms with Gasteiger partial charge in [0, 0.05) is 18.2 Å². The Labute approximate surface area is 95.3 Å². The molecular weight excluding hydrogens is 200 g/mol. The molecule has 3 heteroatoms. The molecule has 0 aliphatic carbocycles. The van der Waals surface area contributed by atoms with E-state index in [0.29, 0.717) is 18.0 Å². The molecule has 1 aromatic carbocycles. The van der Waals surface area contributed by atoms with Crippen LogP contribution in [-0.2, 0) is 4.79 Å². The van der Waals surface area contributed by atoms with E-state index in [1.165, 1.54) is 0 Å². The predicted octanol–water partition coefficient (Wildman–Crippen LogP) is 2.46. The van der Waals surface area contributed by atoms with E-state index in [1.807, 2.05) is 17.0 Å². The molecule has 1 aromatic rings. The van der Waals surface area contributed by atoms with Gasteiger partial charge in [-0.15, -0.1) is 0 Å². The van der Waals surface area contributed by atoms with Crippen LogP contribution in [-0.4, -0.2) is 11.9 Å². The largest absolute Gasteiger partial charge is 0.309 e. The molecule has 0 spiro atoms. The number of nitriles is 1. The van der Waals surface area contributed by atoms with Crippen LogP contribution in [0, 0.1) is 11.3 Å². The fourth-order valence-corrected chi connectivity index (χ4v) is 2.18. The summed E-state index contributed by atoms with van der Waals surface area (Å²) in [7, 11) is 0. The minimum absolute atomic E-state index is 0.191. The van der Waals surface area contributed by atoms with E-state index < -0.39 is 0 Å². The number of anilines is 1. The Morgan fingerprint density at radius 3 is 2.69 bits per heavy atom. The Hall–Kier alpha value is -1.82. The van der Waals surface area contributed by atoms with E-state index in [-0.39, 0.29) is 5.91 Å². The minimum atomic E-state index is 0.191. The van der Waals surface area contributed by atoms with Gasteiger partial charge in [0.15, 0.2) is 0 Å². The summed E-state index contributed by atoms with van der Waals surface area (Å²) in [4.78, 5) is 13.6. The molecule has 1 aliphatic heterocycles. The van der Waals surface area contributed by atoms with Crippen molar-refractivity contribution in [3.63, 3.8) is 0 Å². The van der Waals surface area contributed by atoms with E-state index in [2.05, 4.69) is 13.0 Å². The molecule has 0 aromatic heterocycles. The summed E-state index contributed by atoms with van der Waals surface area (Å²) in [5.41, 5.74) is 1.54. The molecule has 1 atom stereocenters.